The van der Waals surface area contributed by atoms with Gasteiger partial charge >= 0.3 is 6.18 Å². The number of amides is 1. The second kappa shape index (κ2) is 8.62. The van der Waals surface area contributed by atoms with E-state index in [1.807, 2.05) is 0 Å². The van der Waals surface area contributed by atoms with Crippen LogP contribution in [0.5, 0.6) is 0 Å². The van der Waals surface area contributed by atoms with Gasteiger partial charge in [-0.15, -0.1) is 0 Å². The van der Waals surface area contributed by atoms with Crippen molar-refractivity contribution < 1.29 is 22.4 Å². The van der Waals surface area contributed by atoms with Crippen LogP contribution in [0.15, 0.2) is 42.7 Å². The maximum atomic E-state index is 14.7. The first-order chi connectivity index (χ1) is 16.3. The lowest BCUT2D eigenvalue weighted by atomic mass is 10.1. The molecule has 2 atom stereocenters. The Morgan fingerprint density at radius 2 is 1.88 bits per heavy atom. The summed E-state index contributed by atoms with van der Waals surface area (Å²) in [6, 6.07) is 7.85. The monoisotopic (exact) mass is 474 g/mol. The lowest BCUT2D eigenvalue weighted by Crippen LogP contribution is -2.35. The number of rotatable bonds is 4. The van der Waals surface area contributed by atoms with Gasteiger partial charge in [0, 0.05) is 18.3 Å². The largest absolute Gasteiger partial charge is 0.434 e. The first kappa shape index (κ1) is 22.2. The molecule has 11 heteroatoms. The van der Waals surface area contributed by atoms with Gasteiger partial charge in [-0.05, 0) is 56.4 Å². The number of hydrogen-bond acceptors (Lipinski definition) is 4. The van der Waals surface area contributed by atoms with E-state index in [-0.39, 0.29) is 28.7 Å². The van der Waals surface area contributed by atoms with Gasteiger partial charge in [0.05, 0.1) is 22.7 Å². The molecule has 1 aliphatic carbocycles. The minimum atomic E-state index is -4.52. The zero-order valence-corrected chi connectivity index (χ0v) is 18.0. The van der Waals surface area contributed by atoms with Crippen molar-refractivity contribution in [1.29, 1.82) is 0 Å². The number of hydrogen-bond donors (Lipinski definition) is 3. The van der Waals surface area contributed by atoms with Gasteiger partial charge in [-0.25, -0.2) is 9.37 Å². The van der Waals surface area contributed by atoms with Crippen molar-refractivity contribution >= 4 is 28.3 Å². The number of halogens is 4. The second-order valence-electron chi connectivity index (χ2n) is 8.54. The van der Waals surface area contributed by atoms with Gasteiger partial charge in [0.25, 0.3) is 5.91 Å². The third kappa shape index (κ3) is 4.29. The second-order valence-corrected chi connectivity index (χ2v) is 8.54. The Kier molecular flexibility index (Phi) is 5.62. The lowest BCUT2D eigenvalue weighted by molar-refractivity contribution is -0.140. The van der Waals surface area contributed by atoms with Crippen LogP contribution in [0, 0.1) is 5.82 Å². The number of carbonyl (C=O) groups excluding carboxylic acids is 1. The van der Waals surface area contributed by atoms with Gasteiger partial charge in [0.2, 0.25) is 0 Å². The molecule has 1 amide bonds. The number of H-pyrrole nitrogens is 1. The summed E-state index contributed by atoms with van der Waals surface area (Å²) in [6.07, 6.45) is 1.51. The van der Waals surface area contributed by atoms with Crippen LogP contribution in [0.25, 0.3) is 16.6 Å². The number of alkyl halides is 3. The molecule has 1 saturated carbocycles. The Morgan fingerprint density at radius 1 is 1.09 bits per heavy atom. The minimum Gasteiger partial charge on any atom is -0.368 e. The number of fused-ring (bicyclic) bond motifs is 2. The maximum Gasteiger partial charge on any atom is 0.434 e. The average Bonchev–Trinajstić information content (AvgIpc) is 3.40. The smallest absolute Gasteiger partial charge is 0.368 e. The van der Waals surface area contributed by atoms with E-state index in [0.717, 1.165) is 25.5 Å². The summed E-state index contributed by atoms with van der Waals surface area (Å²) >= 11 is 0. The molecule has 0 bridgehead atoms. The summed E-state index contributed by atoms with van der Waals surface area (Å²) < 4.78 is 55.3. The number of imidazole rings is 1. The molecule has 0 saturated heterocycles. The van der Waals surface area contributed by atoms with E-state index >= 15 is 0 Å². The van der Waals surface area contributed by atoms with Gasteiger partial charge in [0.1, 0.15) is 17.3 Å². The highest BCUT2D eigenvalue weighted by molar-refractivity contribution is 5.98. The number of nitrogens with one attached hydrogen (secondary N) is 3. The molecular weight excluding hydrogens is 452 g/mol. The Morgan fingerprint density at radius 3 is 2.71 bits per heavy atom. The van der Waals surface area contributed by atoms with Crippen molar-refractivity contribution in [3.05, 3.63) is 59.8 Å². The van der Waals surface area contributed by atoms with Gasteiger partial charge < -0.3 is 10.6 Å². The number of pyridine rings is 1. The first-order valence-corrected chi connectivity index (χ1v) is 11.0. The lowest BCUT2D eigenvalue weighted by Gasteiger charge is -2.19. The zero-order valence-electron chi connectivity index (χ0n) is 18.0. The van der Waals surface area contributed by atoms with Crippen molar-refractivity contribution in [1.82, 2.24) is 24.9 Å². The van der Waals surface area contributed by atoms with Crippen molar-refractivity contribution in [3.63, 3.8) is 0 Å². The van der Waals surface area contributed by atoms with Gasteiger partial charge in [-0.1, -0.05) is 6.07 Å². The minimum absolute atomic E-state index is 0.0169. The molecule has 0 unspecified atom stereocenters. The van der Waals surface area contributed by atoms with Crippen LogP contribution in [0.4, 0.5) is 23.4 Å². The molecule has 7 nitrogen and oxygen atoms in total. The molecule has 1 aromatic carbocycles. The van der Waals surface area contributed by atoms with Crippen molar-refractivity contribution in [2.24, 2.45) is 0 Å². The van der Waals surface area contributed by atoms with Crippen LogP contribution in [-0.4, -0.2) is 37.6 Å². The summed E-state index contributed by atoms with van der Waals surface area (Å²) in [7, 11) is 0. The topological polar surface area (TPSA) is 87.1 Å². The molecule has 0 spiro atoms. The number of nitrogens with zero attached hydrogens (tertiary/aromatic N) is 3. The summed E-state index contributed by atoms with van der Waals surface area (Å²) in [4.78, 5) is 16.4. The summed E-state index contributed by atoms with van der Waals surface area (Å²) in [5.41, 5.74) is -0.230. The number of benzene rings is 1. The standard InChI is InChI=1S/C23H22F4N6O/c24-21-15(9-10-17-16(21)11-28-32-17)22(34)30-14-4-1-3-13(7-8-14)29-19-5-2-6-20-31-18(12-33(19)20)23(25,26)27/h2,5-6,9-14,29H,1,3-4,7-8H2,(H,28,32)(H,30,34)/t13-,14+/m0/s1. The molecule has 34 heavy (non-hydrogen) atoms. The molecule has 4 aromatic rings. The molecule has 178 valence electrons. The predicted octanol–water partition coefficient (Wildman–Crippen LogP) is 4.91. The van der Waals surface area contributed by atoms with Crippen molar-refractivity contribution in [3.8, 4) is 0 Å². The Hall–Kier alpha value is -3.63. The van der Waals surface area contributed by atoms with Crippen LogP contribution in [0.2, 0.25) is 0 Å². The molecule has 3 heterocycles. The predicted molar refractivity (Wildman–Crippen MR) is 118 cm³/mol. The third-order valence-corrected chi connectivity index (χ3v) is 6.24. The number of anilines is 1. The zero-order chi connectivity index (χ0) is 23.9. The number of aromatic nitrogens is 4. The number of carbonyl (C=O) groups is 1. The molecule has 5 rings (SSSR count). The third-order valence-electron chi connectivity index (χ3n) is 6.24. The maximum absolute atomic E-state index is 14.7. The molecule has 1 aliphatic rings. The summed E-state index contributed by atoms with van der Waals surface area (Å²) in [5.74, 6) is -0.549. The molecule has 1 fully saturated rings. The van der Waals surface area contributed by atoms with E-state index in [9.17, 15) is 22.4 Å². The van der Waals surface area contributed by atoms with Crippen LogP contribution in [0.3, 0.4) is 0 Å². The van der Waals surface area contributed by atoms with Gasteiger partial charge in [-0.3, -0.25) is 14.3 Å². The first-order valence-electron chi connectivity index (χ1n) is 11.0. The van der Waals surface area contributed by atoms with Crippen molar-refractivity contribution in [2.45, 2.75) is 50.4 Å². The number of aromatic amines is 1. The van der Waals surface area contributed by atoms with E-state index in [1.54, 1.807) is 18.2 Å². The highest BCUT2D eigenvalue weighted by atomic mass is 19.4. The van der Waals surface area contributed by atoms with E-state index in [4.69, 9.17) is 0 Å². The van der Waals surface area contributed by atoms with E-state index < -0.39 is 23.6 Å². The molecule has 3 aromatic heterocycles. The SMILES string of the molecule is O=C(N[C@@H]1CCC[C@H](Nc2cccc3nc(C(F)(F)F)cn23)CC1)c1ccc2[nH]ncc2c1F. The average molecular weight is 474 g/mol. The van der Waals surface area contributed by atoms with Crippen LogP contribution < -0.4 is 10.6 Å². The fourth-order valence-electron chi connectivity index (χ4n) is 4.49. The van der Waals surface area contributed by atoms with E-state index in [0.29, 0.717) is 24.2 Å². The van der Waals surface area contributed by atoms with E-state index in [1.165, 1.54) is 22.7 Å². The fourth-order valence-corrected chi connectivity index (χ4v) is 4.49. The highest BCUT2D eigenvalue weighted by Gasteiger charge is 2.34. The molecule has 0 radical (unpaired) electrons. The molecular formula is C23H22F4N6O. The Bertz CT molecular complexity index is 1340. The Balaban J connectivity index is 1.25. The molecule has 0 aliphatic heterocycles. The van der Waals surface area contributed by atoms with Crippen LogP contribution in [0.1, 0.15) is 48.2 Å². The fraction of sp³-hybridized carbons (Fsp3) is 0.348. The normalized spacial score (nSPS) is 19.3. The van der Waals surface area contributed by atoms with E-state index in [2.05, 4.69) is 25.8 Å². The van der Waals surface area contributed by atoms with Gasteiger partial charge in [0.15, 0.2) is 5.69 Å². The summed E-state index contributed by atoms with van der Waals surface area (Å²) in [5, 5.41) is 13.0. The van der Waals surface area contributed by atoms with Crippen LogP contribution in [-0.2, 0) is 6.18 Å². The van der Waals surface area contributed by atoms with Crippen LogP contribution >= 0.6 is 0 Å². The summed E-state index contributed by atoms with van der Waals surface area (Å²) in [6.45, 7) is 0. The van der Waals surface area contributed by atoms with Gasteiger partial charge in [-0.2, -0.15) is 18.3 Å². The highest BCUT2D eigenvalue weighted by Crippen LogP contribution is 2.30. The molecule has 3 N–H and O–H groups in total. The quantitative estimate of drug-likeness (QED) is 0.290. The Labute approximate surface area is 191 Å². The van der Waals surface area contributed by atoms with Crippen molar-refractivity contribution in [2.75, 3.05) is 5.32 Å².